The molecule has 2 aromatic carbocycles. The number of thiophene rings is 1. The van der Waals surface area contributed by atoms with E-state index < -0.39 is 32.9 Å². The highest BCUT2D eigenvalue weighted by atomic mass is 35.5. The number of carbonyl (C=O) groups excluding carboxylic acids is 1. The van der Waals surface area contributed by atoms with E-state index in [1.807, 2.05) is 5.01 Å². The van der Waals surface area contributed by atoms with Crippen molar-refractivity contribution in [2.45, 2.75) is 69.3 Å². The monoisotopic (exact) mass is 763 g/mol. The van der Waals surface area contributed by atoms with Crippen molar-refractivity contribution in [3.8, 4) is 28.1 Å². The first-order valence-electron chi connectivity index (χ1n) is 16.3. The number of alkyl halides is 3. The van der Waals surface area contributed by atoms with Gasteiger partial charge in [0.05, 0.1) is 37.0 Å². The molecule has 3 heterocycles. The molecule has 1 aliphatic carbocycles. The SMILES string of the molecule is O=C(NN1CCCCC1)c1nn(-c2ccc(Cl)cc2Cl)c(-c2ccc(C#Cc3ccc(C(F)(F)F)cc3)s2)c1CNS(=O)(=O)C1CCCCC1. The fourth-order valence-corrected chi connectivity index (χ4v) is 9.10. The molecule has 0 unspecified atom stereocenters. The average molecular weight is 765 g/mol. The highest BCUT2D eigenvalue weighted by Gasteiger charge is 2.32. The molecular weight excluding hydrogens is 730 g/mol. The molecule has 2 fully saturated rings. The number of hydrazine groups is 1. The van der Waals surface area contributed by atoms with E-state index in [2.05, 4.69) is 22.0 Å². The fourth-order valence-electron chi connectivity index (χ4n) is 6.16. The predicted octanol–water partition coefficient (Wildman–Crippen LogP) is 8.21. The van der Waals surface area contributed by atoms with Gasteiger partial charge < -0.3 is 0 Å². The van der Waals surface area contributed by atoms with Gasteiger partial charge in [0.2, 0.25) is 10.0 Å². The van der Waals surface area contributed by atoms with Gasteiger partial charge in [-0.25, -0.2) is 22.8 Å². The summed E-state index contributed by atoms with van der Waals surface area (Å²) in [5.41, 5.74) is 3.85. The van der Waals surface area contributed by atoms with Crippen LogP contribution in [0.15, 0.2) is 54.6 Å². The summed E-state index contributed by atoms with van der Waals surface area (Å²) in [4.78, 5) is 15.1. The number of nitrogens with zero attached hydrogens (tertiary/aromatic N) is 3. The molecule has 50 heavy (non-hydrogen) atoms. The zero-order valence-corrected chi connectivity index (χ0v) is 30.0. The molecule has 8 nitrogen and oxygen atoms in total. The summed E-state index contributed by atoms with van der Waals surface area (Å²) in [6.45, 7) is 1.16. The molecule has 1 amide bonds. The number of sulfonamides is 1. The second-order valence-electron chi connectivity index (χ2n) is 12.3. The third-order valence-electron chi connectivity index (χ3n) is 8.78. The van der Waals surface area contributed by atoms with Crippen LogP contribution in [0.4, 0.5) is 13.2 Å². The maximum absolute atomic E-state index is 13.9. The van der Waals surface area contributed by atoms with Crippen molar-refractivity contribution in [2.24, 2.45) is 0 Å². The van der Waals surface area contributed by atoms with Crippen LogP contribution in [0.2, 0.25) is 10.0 Å². The van der Waals surface area contributed by atoms with Gasteiger partial charge in [-0.2, -0.15) is 18.3 Å². The van der Waals surface area contributed by atoms with E-state index in [-0.39, 0.29) is 17.3 Å². The topological polar surface area (TPSA) is 96.3 Å². The number of rotatable bonds is 8. The Morgan fingerprint density at radius 3 is 2.32 bits per heavy atom. The van der Waals surface area contributed by atoms with Gasteiger partial charge in [-0.15, -0.1) is 11.3 Å². The number of piperidine rings is 1. The van der Waals surface area contributed by atoms with Crippen molar-refractivity contribution >= 4 is 50.5 Å². The maximum atomic E-state index is 13.9. The lowest BCUT2D eigenvalue weighted by Crippen LogP contribution is -2.45. The van der Waals surface area contributed by atoms with E-state index in [0.717, 1.165) is 50.7 Å². The third-order valence-corrected chi connectivity index (χ3v) is 12.2. The zero-order valence-electron chi connectivity index (χ0n) is 26.8. The Morgan fingerprint density at radius 1 is 0.940 bits per heavy atom. The Hall–Kier alpha value is -3.38. The summed E-state index contributed by atoms with van der Waals surface area (Å²) in [5.74, 6) is 5.43. The molecule has 264 valence electrons. The van der Waals surface area contributed by atoms with Crippen LogP contribution in [-0.2, 0) is 22.7 Å². The Balaban J connectivity index is 1.43. The van der Waals surface area contributed by atoms with Gasteiger partial charge in [-0.05, 0) is 80.3 Å². The van der Waals surface area contributed by atoms with Crippen LogP contribution in [0.5, 0.6) is 0 Å². The second kappa shape index (κ2) is 15.5. The molecule has 1 aliphatic heterocycles. The van der Waals surface area contributed by atoms with E-state index in [4.69, 9.17) is 28.3 Å². The molecule has 2 aromatic heterocycles. The van der Waals surface area contributed by atoms with E-state index in [1.54, 1.807) is 30.3 Å². The van der Waals surface area contributed by atoms with E-state index in [9.17, 15) is 26.4 Å². The summed E-state index contributed by atoms with van der Waals surface area (Å²) in [6, 6.07) is 13.0. The van der Waals surface area contributed by atoms with Gasteiger partial charge in [-0.1, -0.05) is 60.7 Å². The second-order valence-corrected chi connectivity index (χ2v) is 16.3. The first-order chi connectivity index (χ1) is 23.9. The standard InChI is InChI=1S/C35H34Cl2F3N5O3S2/c36-25-14-17-30(29(37)21-25)45-33(31-18-16-26(49-31)15-11-23-9-12-24(13-10-23)35(38,39)40)28(22-41-50(47,48)27-7-3-1-4-8-27)32(42-45)34(46)43-44-19-5-2-6-20-44/h9-10,12-14,16-18,21,27,41H,1-8,19-20,22H2,(H,43,46). The lowest BCUT2D eigenvalue weighted by molar-refractivity contribution is -0.137. The van der Waals surface area contributed by atoms with Gasteiger partial charge in [0.15, 0.2) is 5.69 Å². The van der Waals surface area contributed by atoms with E-state index in [0.29, 0.717) is 63.2 Å². The molecular formula is C35H34Cl2F3N5O3S2. The number of hydrogen-bond donors (Lipinski definition) is 2. The molecule has 0 spiro atoms. The predicted molar refractivity (Wildman–Crippen MR) is 190 cm³/mol. The van der Waals surface area contributed by atoms with Crippen molar-refractivity contribution < 1.29 is 26.4 Å². The van der Waals surface area contributed by atoms with Crippen molar-refractivity contribution in [3.05, 3.63) is 91.9 Å². The number of nitrogens with one attached hydrogen (secondary N) is 2. The number of carbonyl (C=O) groups is 1. The number of benzene rings is 2. The summed E-state index contributed by atoms with van der Waals surface area (Å²) in [5, 5.41) is 6.72. The van der Waals surface area contributed by atoms with Crippen molar-refractivity contribution in [3.63, 3.8) is 0 Å². The number of halogens is 5. The fraction of sp³-hybridized carbons (Fsp3) is 0.371. The average Bonchev–Trinajstić information content (AvgIpc) is 3.72. The van der Waals surface area contributed by atoms with Crippen LogP contribution in [0.1, 0.15) is 83.4 Å². The first-order valence-corrected chi connectivity index (χ1v) is 19.4. The molecule has 1 saturated heterocycles. The van der Waals surface area contributed by atoms with Crippen molar-refractivity contribution in [1.82, 2.24) is 24.9 Å². The molecule has 2 N–H and O–H groups in total. The maximum Gasteiger partial charge on any atom is 0.416 e. The summed E-state index contributed by atoms with van der Waals surface area (Å²) in [7, 11) is -3.73. The van der Waals surface area contributed by atoms with Crippen LogP contribution in [0, 0.1) is 11.8 Å². The molecule has 2 aliphatic rings. The quantitative estimate of drug-likeness (QED) is 0.177. The Bertz CT molecular complexity index is 2020. The van der Waals surface area contributed by atoms with Gasteiger partial charge in [0, 0.05) is 35.8 Å². The highest BCUT2D eigenvalue weighted by Crippen LogP contribution is 2.37. The Labute approximate surface area is 303 Å². The van der Waals surface area contributed by atoms with E-state index in [1.165, 1.54) is 28.2 Å². The van der Waals surface area contributed by atoms with Gasteiger partial charge in [-0.3, -0.25) is 10.2 Å². The largest absolute Gasteiger partial charge is 0.416 e. The normalized spacial score (nSPS) is 16.2. The number of aromatic nitrogens is 2. The Kier molecular flexibility index (Phi) is 11.3. The summed E-state index contributed by atoms with van der Waals surface area (Å²) in [6.07, 6.45) is 2.27. The number of hydrogen-bond acceptors (Lipinski definition) is 6. The van der Waals surface area contributed by atoms with Gasteiger partial charge >= 0.3 is 6.18 Å². The van der Waals surface area contributed by atoms with Crippen LogP contribution in [-0.4, -0.2) is 47.5 Å². The van der Waals surface area contributed by atoms with Crippen LogP contribution >= 0.6 is 34.5 Å². The lowest BCUT2D eigenvalue weighted by atomic mass is 10.0. The molecule has 0 atom stereocenters. The lowest BCUT2D eigenvalue weighted by Gasteiger charge is -2.26. The summed E-state index contributed by atoms with van der Waals surface area (Å²) >= 11 is 14.2. The highest BCUT2D eigenvalue weighted by molar-refractivity contribution is 7.90. The van der Waals surface area contributed by atoms with Crippen molar-refractivity contribution in [1.29, 1.82) is 0 Å². The molecule has 0 bridgehead atoms. The van der Waals surface area contributed by atoms with Crippen molar-refractivity contribution in [2.75, 3.05) is 13.1 Å². The minimum atomic E-state index is -4.45. The Morgan fingerprint density at radius 2 is 1.64 bits per heavy atom. The molecule has 6 rings (SSSR count). The first kappa shape index (κ1) is 36.4. The molecule has 15 heteroatoms. The number of amides is 1. The minimum Gasteiger partial charge on any atom is -0.283 e. The smallest absolute Gasteiger partial charge is 0.283 e. The van der Waals surface area contributed by atoms with Crippen LogP contribution in [0.3, 0.4) is 0 Å². The minimum absolute atomic E-state index is 0.0359. The zero-order chi connectivity index (χ0) is 35.5. The van der Waals surface area contributed by atoms with Crippen LogP contribution in [0.25, 0.3) is 16.3 Å². The molecule has 0 radical (unpaired) electrons. The van der Waals surface area contributed by atoms with E-state index >= 15 is 0 Å². The van der Waals surface area contributed by atoms with Gasteiger partial charge in [0.25, 0.3) is 5.91 Å². The summed E-state index contributed by atoms with van der Waals surface area (Å²) < 4.78 is 70.4. The molecule has 1 saturated carbocycles. The molecule has 4 aromatic rings. The van der Waals surface area contributed by atoms with Gasteiger partial charge in [0.1, 0.15) is 0 Å². The van der Waals surface area contributed by atoms with Crippen LogP contribution < -0.4 is 10.1 Å². The third kappa shape index (κ3) is 8.55.